The second kappa shape index (κ2) is 6.37. The zero-order chi connectivity index (χ0) is 13.0. The molecule has 0 atom stereocenters. The van der Waals surface area contributed by atoms with Gasteiger partial charge in [-0.05, 0) is 43.0 Å². The molecule has 1 aliphatic carbocycles. The maximum absolute atomic E-state index is 11.9. The number of nitrogens with one attached hydrogen (secondary N) is 1. The van der Waals surface area contributed by atoms with Crippen molar-refractivity contribution in [3.8, 4) is 0 Å². The molecule has 1 aromatic rings. The Morgan fingerprint density at radius 3 is 2.72 bits per heavy atom. The number of carbonyl (C=O) groups excluding carboxylic acids is 1. The topological polar surface area (TPSA) is 29.1 Å². The van der Waals surface area contributed by atoms with E-state index >= 15 is 0 Å². The third kappa shape index (κ3) is 4.13. The summed E-state index contributed by atoms with van der Waals surface area (Å²) in [5.41, 5.74) is 2.04. The van der Waals surface area contributed by atoms with Gasteiger partial charge in [-0.2, -0.15) is 0 Å². The highest BCUT2D eigenvalue weighted by molar-refractivity contribution is 9.10. The van der Waals surface area contributed by atoms with Gasteiger partial charge in [0.25, 0.3) is 0 Å². The van der Waals surface area contributed by atoms with Gasteiger partial charge in [0.15, 0.2) is 0 Å². The molecule has 2 nitrogen and oxygen atoms in total. The quantitative estimate of drug-likeness (QED) is 0.860. The number of hydrogen-bond donors (Lipinski definition) is 1. The fourth-order valence-electron chi connectivity index (χ4n) is 2.67. The van der Waals surface area contributed by atoms with Crippen LogP contribution in [-0.2, 0) is 4.79 Å². The molecule has 2 rings (SSSR count). The van der Waals surface area contributed by atoms with E-state index in [9.17, 15) is 4.79 Å². The molecule has 0 bridgehead atoms. The van der Waals surface area contributed by atoms with Gasteiger partial charge >= 0.3 is 0 Å². The molecule has 1 fully saturated rings. The Balaban J connectivity index is 1.82. The lowest BCUT2D eigenvalue weighted by Crippen LogP contribution is -2.12. The molecule has 3 heteroatoms. The molecule has 1 aliphatic rings. The van der Waals surface area contributed by atoms with E-state index in [2.05, 4.69) is 21.2 Å². The van der Waals surface area contributed by atoms with E-state index in [0.717, 1.165) is 28.1 Å². The van der Waals surface area contributed by atoms with Crippen molar-refractivity contribution in [2.45, 2.75) is 45.4 Å². The second-order valence-corrected chi connectivity index (χ2v) is 6.17. The fourth-order valence-corrected chi connectivity index (χ4v) is 3.27. The van der Waals surface area contributed by atoms with E-state index in [4.69, 9.17) is 0 Å². The standard InChI is InChI=1S/C15H20BrNO/c1-11-8-13(16)10-14(9-11)17-15(18)7-6-12-4-2-3-5-12/h8-10,12H,2-7H2,1H3,(H,17,18). The van der Waals surface area contributed by atoms with Crippen molar-refractivity contribution in [2.24, 2.45) is 5.92 Å². The first-order valence-corrected chi connectivity index (χ1v) is 7.50. The summed E-state index contributed by atoms with van der Waals surface area (Å²) in [6.45, 7) is 2.03. The molecule has 0 saturated heterocycles. The van der Waals surface area contributed by atoms with Gasteiger partial charge in [0.05, 0.1) is 0 Å². The Kier molecular flexibility index (Phi) is 4.81. The van der Waals surface area contributed by atoms with Crippen LogP contribution >= 0.6 is 15.9 Å². The van der Waals surface area contributed by atoms with Crippen LogP contribution in [0, 0.1) is 12.8 Å². The first kappa shape index (κ1) is 13.6. The molecule has 0 radical (unpaired) electrons. The summed E-state index contributed by atoms with van der Waals surface area (Å²) >= 11 is 3.44. The number of amides is 1. The largest absolute Gasteiger partial charge is 0.326 e. The van der Waals surface area contributed by atoms with Gasteiger partial charge in [-0.15, -0.1) is 0 Å². The summed E-state index contributed by atoms with van der Waals surface area (Å²) in [7, 11) is 0. The van der Waals surface area contributed by atoms with E-state index in [-0.39, 0.29) is 5.91 Å². The van der Waals surface area contributed by atoms with E-state index in [1.807, 2.05) is 25.1 Å². The molecule has 1 aromatic carbocycles. The first-order chi connectivity index (χ1) is 8.63. The lowest BCUT2D eigenvalue weighted by Gasteiger charge is -2.10. The van der Waals surface area contributed by atoms with E-state index < -0.39 is 0 Å². The van der Waals surface area contributed by atoms with Crippen molar-refractivity contribution in [3.05, 3.63) is 28.2 Å². The van der Waals surface area contributed by atoms with Crippen LogP contribution in [0.2, 0.25) is 0 Å². The van der Waals surface area contributed by atoms with Gasteiger partial charge in [0.2, 0.25) is 5.91 Å². The minimum absolute atomic E-state index is 0.138. The monoisotopic (exact) mass is 309 g/mol. The summed E-state index contributed by atoms with van der Waals surface area (Å²) in [5.74, 6) is 0.916. The lowest BCUT2D eigenvalue weighted by molar-refractivity contribution is -0.116. The molecule has 0 aromatic heterocycles. The number of benzene rings is 1. The van der Waals surface area contributed by atoms with E-state index in [1.165, 1.54) is 25.7 Å². The normalized spacial score (nSPS) is 15.9. The van der Waals surface area contributed by atoms with Gasteiger partial charge in [0, 0.05) is 16.6 Å². The minimum atomic E-state index is 0.138. The second-order valence-electron chi connectivity index (χ2n) is 5.25. The predicted molar refractivity (Wildman–Crippen MR) is 78.7 cm³/mol. The van der Waals surface area contributed by atoms with Crippen LogP contribution in [0.4, 0.5) is 5.69 Å². The summed E-state index contributed by atoms with van der Waals surface area (Å²) in [6, 6.07) is 5.98. The third-order valence-electron chi connectivity index (χ3n) is 3.58. The molecular weight excluding hydrogens is 290 g/mol. The Hall–Kier alpha value is -0.830. The fraction of sp³-hybridized carbons (Fsp3) is 0.533. The smallest absolute Gasteiger partial charge is 0.224 e. The van der Waals surface area contributed by atoms with Crippen LogP contribution in [0.1, 0.15) is 44.1 Å². The molecule has 1 saturated carbocycles. The molecule has 1 amide bonds. The van der Waals surface area contributed by atoms with Gasteiger partial charge in [-0.25, -0.2) is 0 Å². The zero-order valence-corrected chi connectivity index (χ0v) is 12.4. The molecular formula is C15H20BrNO. The van der Waals surface area contributed by atoms with Crippen LogP contribution in [0.3, 0.4) is 0 Å². The van der Waals surface area contributed by atoms with Crippen LogP contribution in [-0.4, -0.2) is 5.91 Å². The average Bonchev–Trinajstić information content (AvgIpc) is 2.77. The van der Waals surface area contributed by atoms with Crippen molar-refractivity contribution in [1.29, 1.82) is 0 Å². The summed E-state index contributed by atoms with van der Waals surface area (Å²) < 4.78 is 1.01. The number of hydrogen-bond acceptors (Lipinski definition) is 1. The zero-order valence-electron chi connectivity index (χ0n) is 10.8. The molecule has 98 valence electrons. The maximum atomic E-state index is 11.9. The average molecular weight is 310 g/mol. The molecule has 1 N–H and O–H groups in total. The van der Waals surface area contributed by atoms with Crippen LogP contribution < -0.4 is 5.32 Å². The Labute approximate surface area is 117 Å². The first-order valence-electron chi connectivity index (χ1n) is 6.70. The molecule has 18 heavy (non-hydrogen) atoms. The van der Waals surface area contributed by atoms with Crippen LogP contribution in [0.5, 0.6) is 0 Å². The Morgan fingerprint density at radius 2 is 2.06 bits per heavy atom. The highest BCUT2D eigenvalue weighted by Crippen LogP contribution is 2.28. The van der Waals surface area contributed by atoms with E-state index in [1.54, 1.807) is 0 Å². The van der Waals surface area contributed by atoms with Crippen LogP contribution in [0.15, 0.2) is 22.7 Å². The third-order valence-corrected chi connectivity index (χ3v) is 4.04. The van der Waals surface area contributed by atoms with Crippen molar-refractivity contribution >= 4 is 27.5 Å². The van der Waals surface area contributed by atoms with Gasteiger partial charge in [-0.3, -0.25) is 4.79 Å². The van der Waals surface area contributed by atoms with Crippen molar-refractivity contribution in [1.82, 2.24) is 0 Å². The highest BCUT2D eigenvalue weighted by Gasteiger charge is 2.16. The Bertz CT molecular complexity index is 404. The number of anilines is 1. The summed E-state index contributed by atoms with van der Waals surface area (Å²) in [6.07, 6.45) is 7.00. The SMILES string of the molecule is Cc1cc(Br)cc(NC(=O)CCC2CCCC2)c1. The molecule has 0 spiro atoms. The van der Waals surface area contributed by atoms with Gasteiger partial charge in [-0.1, -0.05) is 41.6 Å². The van der Waals surface area contributed by atoms with Gasteiger partial charge < -0.3 is 5.32 Å². The number of carbonyl (C=O) groups is 1. The highest BCUT2D eigenvalue weighted by atomic mass is 79.9. The molecule has 0 aliphatic heterocycles. The number of aryl methyl sites for hydroxylation is 1. The maximum Gasteiger partial charge on any atom is 0.224 e. The lowest BCUT2D eigenvalue weighted by atomic mass is 10.0. The van der Waals surface area contributed by atoms with Crippen molar-refractivity contribution in [2.75, 3.05) is 5.32 Å². The van der Waals surface area contributed by atoms with E-state index in [0.29, 0.717) is 6.42 Å². The number of halogens is 1. The van der Waals surface area contributed by atoms with Gasteiger partial charge in [0.1, 0.15) is 0 Å². The van der Waals surface area contributed by atoms with Crippen molar-refractivity contribution in [3.63, 3.8) is 0 Å². The number of rotatable bonds is 4. The van der Waals surface area contributed by atoms with Crippen molar-refractivity contribution < 1.29 is 4.79 Å². The summed E-state index contributed by atoms with van der Waals surface area (Å²) in [4.78, 5) is 11.9. The minimum Gasteiger partial charge on any atom is -0.326 e. The predicted octanol–water partition coefficient (Wildman–Crippen LogP) is 4.67. The Morgan fingerprint density at radius 1 is 1.33 bits per heavy atom. The summed E-state index contributed by atoms with van der Waals surface area (Å²) in [5, 5.41) is 2.98. The molecule has 0 unspecified atom stereocenters. The molecule has 0 heterocycles. The van der Waals surface area contributed by atoms with Crippen LogP contribution in [0.25, 0.3) is 0 Å².